The molecule has 0 N–H and O–H groups in total. The molecule has 0 saturated heterocycles. The van der Waals surface area contributed by atoms with Gasteiger partial charge in [-0.2, -0.15) is 0 Å². The number of esters is 1. The number of methoxy groups -OCH3 is 2. The first kappa shape index (κ1) is 19.3. The third kappa shape index (κ3) is 4.99. The van der Waals surface area contributed by atoms with Crippen molar-refractivity contribution in [3.05, 3.63) is 59.7 Å². The molecule has 0 aliphatic carbocycles. The van der Waals surface area contributed by atoms with E-state index in [9.17, 15) is 9.59 Å². The molecule has 6 heteroatoms. The predicted octanol–water partition coefficient (Wildman–Crippen LogP) is 2.91. The quantitative estimate of drug-likeness (QED) is 0.680. The van der Waals surface area contributed by atoms with Crippen LogP contribution in [-0.4, -0.2) is 44.1 Å². The highest BCUT2D eigenvalue weighted by Crippen LogP contribution is 2.26. The molecule has 26 heavy (non-hydrogen) atoms. The molecule has 0 heterocycles. The number of amides is 1. The van der Waals surface area contributed by atoms with Crippen molar-refractivity contribution in [2.24, 2.45) is 0 Å². The number of carbonyl (C=O) groups is 2. The van der Waals surface area contributed by atoms with Crippen LogP contribution in [0.3, 0.4) is 0 Å². The van der Waals surface area contributed by atoms with Crippen LogP contribution in [0.25, 0.3) is 0 Å². The average Bonchev–Trinajstić information content (AvgIpc) is 2.67. The van der Waals surface area contributed by atoms with Crippen molar-refractivity contribution < 1.29 is 23.8 Å². The van der Waals surface area contributed by atoms with Crippen molar-refractivity contribution in [2.75, 3.05) is 27.4 Å². The fraction of sp³-hybridized carbons (Fsp3) is 0.300. The number of ether oxygens (including phenoxy) is 3. The molecule has 0 spiro atoms. The number of rotatable bonds is 8. The van der Waals surface area contributed by atoms with Gasteiger partial charge < -0.3 is 19.1 Å². The third-order valence-corrected chi connectivity index (χ3v) is 3.77. The zero-order valence-corrected chi connectivity index (χ0v) is 15.2. The SMILES string of the molecule is CCOC(=O)CN(Cc1ccccc1)C(=O)c1cc(OC)ccc1OC. The Morgan fingerprint density at radius 2 is 1.73 bits per heavy atom. The van der Waals surface area contributed by atoms with Gasteiger partial charge in [0.1, 0.15) is 18.0 Å². The summed E-state index contributed by atoms with van der Waals surface area (Å²) in [7, 11) is 3.02. The lowest BCUT2D eigenvalue weighted by molar-refractivity contribution is -0.143. The second-order valence-electron chi connectivity index (χ2n) is 5.52. The van der Waals surface area contributed by atoms with Crippen molar-refractivity contribution >= 4 is 11.9 Å². The molecule has 6 nitrogen and oxygen atoms in total. The molecule has 0 aliphatic rings. The molecule has 0 bridgehead atoms. The van der Waals surface area contributed by atoms with Crippen molar-refractivity contribution in [1.82, 2.24) is 4.90 Å². The molecule has 0 fully saturated rings. The van der Waals surface area contributed by atoms with E-state index in [0.717, 1.165) is 5.56 Å². The highest BCUT2D eigenvalue weighted by atomic mass is 16.5. The van der Waals surface area contributed by atoms with Crippen LogP contribution < -0.4 is 9.47 Å². The zero-order valence-electron chi connectivity index (χ0n) is 15.2. The summed E-state index contributed by atoms with van der Waals surface area (Å²) in [6, 6.07) is 14.4. The lowest BCUT2D eigenvalue weighted by atomic mass is 10.1. The molecular formula is C20H23NO5. The molecular weight excluding hydrogens is 334 g/mol. The Morgan fingerprint density at radius 3 is 2.35 bits per heavy atom. The molecule has 0 saturated carbocycles. The first-order valence-electron chi connectivity index (χ1n) is 8.29. The Kier molecular flexibility index (Phi) is 7.02. The Hall–Kier alpha value is -3.02. The normalized spacial score (nSPS) is 10.1. The second-order valence-corrected chi connectivity index (χ2v) is 5.52. The van der Waals surface area contributed by atoms with Gasteiger partial charge in [0.2, 0.25) is 0 Å². The highest BCUT2D eigenvalue weighted by Gasteiger charge is 2.23. The molecule has 2 aromatic rings. The van der Waals surface area contributed by atoms with Crippen LogP contribution in [0.15, 0.2) is 48.5 Å². The van der Waals surface area contributed by atoms with E-state index >= 15 is 0 Å². The summed E-state index contributed by atoms with van der Waals surface area (Å²) in [5.74, 6) is 0.152. The van der Waals surface area contributed by atoms with Gasteiger partial charge in [-0.3, -0.25) is 9.59 Å². The maximum atomic E-state index is 13.1. The summed E-state index contributed by atoms with van der Waals surface area (Å²) in [5, 5.41) is 0. The Labute approximate surface area is 153 Å². The Bertz CT molecular complexity index is 745. The summed E-state index contributed by atoms with van der Waals surface area (Å²) in [6.07, 6.45) is 0. The summed E-state index contributed by atoms with van der Waals surface area (Å²) in [4.78, 5) is 26.5. The predicted molar refractivity (Wildman–Crippen MR) is 97.4 cm³/mol. The van der Waals surface area contributed by atoms with Gasteiger partial charge in [-0.1, -0.05) is 30.3 Å². The molecule has 0 atom stereocenters. The lowest BCUT2D eigenvalue weighted by Crippen LogP contribution is -2.36. The third-order valence-electron chi connectivity index (χ3n) is 3.77. The van der Waals surface area contributed by atoms with Gasteiger partial charge in [0.05, 0.1) is 26.4 Å². The van der Waals surface area contributed by atoms with Gasteiger partial charge in [0, 0.05) is 6.54 Å². The van der Waals surface area contributed by atoms with E-state index in [-0.39, 0.29) is 25.6 Å². The van der Waals surface area contributed by atoms with Crippen LogP contribution in [0.5, 0.6) is 11.5 Å². The first-order valence-corrected chi connectivity index (χ1v) is 8.29. The summed E-state index contributed by atoms with van der Waals surface area (Å²) < 4.78 is 15.5. The van der Waals surface area contributed by atoms with Gasteiger partial charge in [-0.15, -0.1) is 0 Å². The number of hydrogen-bond acceptors (Lipinski definition) is 5. The molecule has 0 aromatic heterocycles. The summed E-state index contributed by atoms with van der Waals surface area (Å²) in [6.45, 7) is 2.11. The van der Waals surface area contributed by atoms with Crippen LogP contribution in [0.1, 0.15) is 22.8 Å². The van der Waals surface area contributed by atoms with Gasteiger partial charge in [-0.05, 0) is 30.7 Å². The Balaban J connectivity index is 2.34. The zero-order chi connectivity index (χ0) is 18.9. The van der Waals surface area contributed by atoms with E-state index in [4.69, 9.17) is 14.2 Å². The van der Waals surface area contributed by atoms with Crippen LogP contribution in [-0.2, 0) is 16.1 Å². The number of carbonyl (C=O) groups excluding carboxylic acids is 2. The Morgan fingerprint density at radius 1 is 1.00 bits per heavy atom. The fourth-order valence-electron chi connectivity index (χ4n) is 2.52. The number of hydrogen-bond donors (Lipinski definition) is 0. The summed E-state index contributed by atoms with van der Waals surface area (Å²) >= 11 is 0. The van der Waals surface area contributed by atoms with Crippen molar-refractivity contribution in [1.29, 1.82) is 0 Å². The topological polar surface area (TPSA) is 65.1 Å². The minimum Gasteiger partial charge on any atom is -0.497 e. The molecule has 2 rings (SSSR count). The van der Waals surface area contributed by atoms with Crippen LogP contribution in [0.2, 0.25) is 0 Å². The van der Waals surface area contributed by atoms with Gasteiger partial charge >= 0.3 is 5.97 Å². The van der Waals surface area contributed by atoms with Crippen LogP contribution in [0, 0.1) is 0 Å². The first-order chi connectivity index (χ1) is 12.6. The minimum absolute atomic E-state index is 0.151. The van der Waals surface area contributed by atoms with Crippen molar-refractivity contribution in [2.45, 2.75) is 13.5 Å². The van der Waals surface area contributed by atoms with E-state index in [0.29, 0.717) is 17.1 Å². The largest absolute Gasteiger partial charge is 0.497 e. The van der Waals surface area contributed by atoms with E-state index in [1.807, 2.05) is 30.3 Å². The van der Waals surface area contributed by atoms with E-state index in [2.05, 4.69) is 0 Å². The van der Waals surface area contributed by atoms with Crippen LogP contribution >= 0.6 is 0 Å². The van der Waals surface area contributed by atoms with Gasteiger partial charge in [0.15, 0.2) is 0 Å². The monoisotopic (exact) mass is 357 g/mol. The molecule has 1 amide bonds. The van der Waals surface area contributed by atoms with E-state index in [1.54, 1.807) is 25.1 Å². The second kappa shape index (κ2) is 9.46. The highest BCUT2D eigenvalue weighted by molar-refractivity contribution is 5.98. The van der Waals surface area contributed by atoms with Crippen molar-refractivity contribution in [3.63, 3.8) is 0 Å². The molecule has 0 aliphatic heterocycles. The fourth-order valence-corrected chi connectivity index (χ4v) is 2.52. The molecule has 0 unspecified atom stereocenters. The maximum Gasteiger partial charge on any atom is 0.325 e. The smallest absolute Gasteiger partial charge is 0.325 e. The standard InChI is InChI=1S/C20H23NO5/c1-4-26-19(22)14-21(13-15-8-6-5-7-9-15)20(23)17-12-16(24-2)10-11-18(17)25-3/h5-12H,4,13-14H2,1-3H3. The van der Waals surface area contributed by atoms with Crippen molar-refractivity contribution in [3.8, 4) is 11.5 Å². The maximum absolute atomic E-state index is 13.1. The average molecular weight is 357 g/mol. The van der Waals surface area contributed by atoms with E-state index < -0.39 is 5.97 Å². The number of benzene rings is 2. The summed E-state index contributed by atoms with van der Waals surface area (Å²) in [5.41, 5.74) is 1.24. The lowest BCUT2D eigenvalue weighted by Gasteiger charge is -2.23. The minimum atomic E-state index is -0.460. The number of nitrogens with zero attached hydrogens (tertiary/aromatic N) is 1. The molecule has 138 valence electrons. The molecule has 0 radical (unpaired) electrons. The van der Waals surface area contributed by atoms with Gasteiger partial charge in [0.25, 0.3) is 5.91 Å². The van der Waals surface area contributed by atoms with E-state index in [1.165, 1.54) is 19.1 Å². The van der Waals surface area contributed by atoms with Gasteiger partial charge in [-0.25, -0.2) is 0 Å². The molecule has 2 aromatic carbocycles. The van der Waals surface area contributed by atoms with Crippen LogP contribution in [0.4, 0.5) is 0 Å².